The fraction of sp³-hybridized carbons (Fsp3) is 0.667. The van der Waals surface area contributed by atoms with E-state index in [9.17, 15) is 0 Å². The summed E-state index contributed by atoms with van der Waals surface area (Å²) in [5, 5.41) is 3.70. The maximum absolute atomic E-state index is 5.49. The Balaban J connectivity index is 1.69. The van der Waals surface area contributed by atoms with Gasteiger partial charge in [0, 0.05) is 31.8 Å². The first kappa shape index (κ1) is 15.0. The Hall–Kier alpha value is -0.900. The Morgan fingerprint density at radius 3 is 2.76 bits per heavy atom. The minimum absolute atomic E-state index is 0.482. The highest BCUT2D eigenvalue weighted by atomic mass is 16.5. The van der Waals surface area contributed by atoms with Crippen molar-refractivity contribution in [2.45, 2.75) is 38.3 Å². The first-order valence-electron chi connectivity index (χ1n) is 8.38. The van der Waals surface area contributed by atoms with E-state index in [4.69, 9.17) is 4.74 Å². The number of hydrogen-bond acceptors (Lipinski definition) is 3. The third kappa shape index (κ3) is 3.31. The van der Waals surface area contributed by atoms with Gasteiger partial charge in [0.05, 0.1) is 0 Å². The van der Waals surface area contributed by atoms with Crippen LogP contribution in [-0.4, -0.2) is 44.3 Å². The molecule has 1 aromatic carbocycles. The Bertz CT molecular complexity index is 456. The molecule has 2 atom stereocenters. The summed E-state index contributed by atoms with van der Waals surface area (Å²) in [5.74, 6) is 0.801. The van der Waals surface area contributed by atoms with Crippen LogP contribution in [0.5, 0.6) is 0 Å². The maximum atomic E-state index is 5.49. The zero-order valence-electron chi connectivity index (χ0n) is 13.3. The summed E-state index contributed by atoms with van der Waals surface area (Å²) in [6.45, 7) is 6.32. The number of fused-ring (bicyclic) bond motifs is 1. The van der Waals surface area contributed by atoms with Gasteiger partial charge in [-0.2, -0.15) is 0 Å². The lowest BCUT2D eigenvalue weighted by atomic mass is 9.98. The fourth-order valence-electron chi connectivity index (χ4n) is 3.92. The van der Waals surface area contributed by atoms with Crippen molar-refractivity contribution in [1.82, 2.24) is 10.2 Å². The molecule has 1 fully saturated rings. The van der Waals surface area contributed by atoms with Crippen LogP contribution in [0.2, 0.25) is 0 Å². The summed E-state index contributed by atoms with van der Waals surface area (Å²) in [7, 11) is 2.30. The van der Waals surface area contributed by atoms with E-state index in [0.717, 1.165) is 25.7 Å². The van der Waals surface area contributed by atoms with Crippen LogP contribution in [0.1, 0.15) is 36.9 Å². The number of likely N-dealkylation sites (N-methyl/N-ethyl adjacent to an activating group) is 2. The molecule has 21 heavy (non-hydrogen) atoms. The van der Waals surface area contributed by atoms with Crippen molar-refractivity contribution in [3.8, 4) is 0 Å². The molecule has 1 aromatic rings. The average molecular weight is 288 g/mol. The Labute approximate surface area is 128 Å². The van der Waals surface area contributed by atoms with Gasteiger partial charge in [-0.15, -0.1) is 0 Å². The van der Waals surface area contributed by atoms with E-state index in [1.165, 1.54) is 36.9 Å². The third-order valence-corrected chi connectivity index (χ3v) is 5.08. The second-order valence-corrected chi connectivity index (χ2v) is 6.50. The van der Waals surface area contributed by atoms with Crippen molar-refractivity contribution in [2.75, 3.05) is 33.4 Å². The normalized spacial score (nSPS) is 26.2. The summed E-state index contributed by atoms with van der Waals surface area (Å²) in [5.41, 5.74) is 3.02. The van der Waals surface area contributed by atoms with Gasteiger partial charge in [-0.25, -0.2) is 0 Å². The SMILES string of the molecule is CCNC1c2ccccc2CC1N(C)CC1CCOCC1. The first-order valence-corrected chi connectivity index (χ1v) is 8.38. The molecule has 2 unspecified atom stereocenters. The Morgan fingerprint density at radius 2 is 2.00 bits per heavy atom. The molecule has 1 N–H and O–H groups in total. The van der Waals surface area contributed by atoms with E-state index in [1.54, 1.807) is 0 Å². The predicted molar refractivity (Wildman–Crippen MR) is 86.5 cm³/mol. The van der Waals surface area contributed by atoms with Gasteiger partial charge < -0.3 is 15.0 Å². The van der Waals surface area contributed by atoms with E-state index in [2.05, 4.69) is 48.5 Å². The van der Waals surface area contributed by atoms with E-state index < -0.39 is 0 Å². The Morgan fingerprint density at radius 1 is 1.24 bits per heavy atom. The third-order valence-electron chi connectivity index (χ3n) is 5.08. The van der Waals surface area contributed by atoms with Gasteiger partial charge >= 0.3 is 0 Å². The van der Waals surface area contributed by atoms with Crippen LogP contribution in [0.3, 0.4) is 0 Å². The second-order valence-electron chi connectivity index (χ2n) is 6.50. The molecule has 116 valence electrons. The molecule has 0 spiro atoms. The summed E-state index contributed by atoms with van der Waals surface area (Å²) in [6, 6.07) is 10.0. The highest BCUT2D eigenvalue weighted by molar-refractivity contribution is 5.37. The average Bonchev–Trinajstić information content (AvgIpc) is 2.88. The summed E-state index contributed by atoms with van der Waals surface area (Å²) in [4.78, 5) is 2.59. The van der Waals surface area contributed by atoms with Crippen LogP contribution in [0.25, 0.3) is 0 Å². The molecule has 0 amide bonds. The van der Waals surface area contributed by atoms with Gasteiger partial charge in [-0.05, 0) is 49.9 Å². The van der Waals surface area contributed by atoms with Crippen molar-refractivity contribution >= 4 is 0 Å². The molecule has 1 saturated heterocycles. The minimum Gasteiger partial charge on any atom is -0.381 e. The molecule has 3 nitrogen and oxygen atoms in total. The number of ether oxygens (including phenoxy) is 1. The lowest BCUT2D eigenvalue weighted by Crippen LogP contribution is -2.43. The van der Waals surface area contributed by atoms with Gasteiger partial charge in [0.25, 0.3) is 0 Å². The number of rotatable bonds is 5. The number of benzene rings is 1. The highest BCUT2D eigenvalue weighted by Gasteiger charge is 2.34. The second kappa shape index (κ2) is 6.91. The quantitative estimate of drug-likeness (QED) is 0.901. The molecule has 0 radical (unpaired) electrons. The van der Waals surface area contributed by atoms with Crippen LogP contribution in [-0.2, 0) is 11.2 Å². The largest absolute Gasteiger partial charge is 0.381 e. The van der Waals surface area contributed by atoms with Gasteiger partial charge in [0.15, 0.2) is 0 Å². The van der Waals surface area contributed by atoms with E-state index >= 15 is 0 Å². The molecular weight excluding hydrogens is 260 g/mol. The Kier molecular flexibility index (Phi) is 4.94. The van der Waals surface area contributed by atoms with Gasteiger partial charge in [-0.3, -0.25) is 0 Å². The van der Waals surface area contributed by atoms with E-state index in [0.29, 0.717) is 12.1 Å². The monoisotopic (exact) mass is 288 g/mol. The molecule has 3 rings (SSSR count). The molecule has 0 bridgehead atoms. The predicted octanol–water partition coefficient (Wildman–Crippen LogP) is 2.62. The lowest BCUT2D eigenvalue weighted by molar-refractivity contribution is 0.0482. The van der Waals surface area contributed by atoms with Gasteiger partial charge in [0.2, 0.25) is 0 Å². The number of hydrogen-bond donors (Lipinski definition) is 1. The highest BCUT2D eigenvalue weighted by Crippen LogP contribution is 2.34. The molecule has 2 aliphatic rings. The van der Waals surface area contributed by atoms with Gasteiger partial charge in [-0.1, -0.05) is 31.2 Å². The summed E-state index contributed by atoms with van der Waals surface area (Å²) in [6.07, 6.45) is 3.61. The van der Waals surface area contributed by atoms with Crippen LogP contribution < -0.4 is 5.32 Å². The molecule has 1 aliphatic heterocycles. The van der Waals surface area contributed by atoms with Crippen molar-refractivity contribution < 1.29 is 4.74 Å². The van der Waals surface area contributed by atoms with Gasteiger partial charge in [0.1, 0.15) is 0 Å². The van der Waals surface area contributed by atoms with Crippen LogP contribution in [0.15, 0.2) is 24.3 Å². The topological polar surface area (TPSA) is 24.5 Å². The summed E-state index contributed by atoms with van der Waals surface area (Å²) < 4.78 is 5.49. The van der Waals surface area contributed by atoms with Crippen molar-refractivity contribution in [3.05, 3.63) is 35.4 Å². The zero-order chi connectivity index (χ0) is 14.7. The zero-order valence-corrected chi connectivity index (χ0v) is 13.3. The number of nitrogens with one attached hydrogen (secondary N) is 1. The van der Waals surface area contributed by atoms with E-state index in [-0.39, 0.29) is 0 Å². The molecule has 1 aliphatic carbocycles. The standard InChI is InChI=1S/C18H28N2O/c1-3-19-18-16-7-5-4-6-15(16)12-17(18)20(2)13-14-8-10-21-11-9-14/h4-7,14,17-19H,3,8-13H2,1-2H3. The lowest BCUT2D eigenvalue weighted by Gasteiger charge is -2.34. The molecule has 0 aromatic heterocycles. The first-order chi connectivity index (χ1) is 10.3. The fourth-order valence-corrected chi connectivity index (χ4v) is 3.92. The van der Waals surface area contributed by atoms with Crippen LogP contribution in [0.4, 0.5) is 0 Å². The van der Waals surface area contributed by atoms with Crippen LogP contribution >= 0.6 is 0 Å². The van der Waals surface area contributed by atoms with Crippen molar-refractivity contribution in [2.24, 2.45) is 5.92 Å². The smallest absolute Gasteiger partial charge is 0.0483 e. The van der Waals surface area contributed by atoms with Crippen molar-refractivity contribution in [1.29, 1.82) is 0 Å². The molecular formula is C18H28N2O. The number of nitrogens with zero attached hydrogens (tertiary/aromatic N) is 1. The minimum atomic E-state index is 0.482. The van der Waals surface area contributed by atoms with E-state index in [1.807, 2.05) is 0 Å². The molecule has 0 saturated carbocycles. The van der Waals surface area contributed by atoms with Crippen LogP contribution in [0, 0.1) is 5.92 Å². The molecule has 3 heteroatoms. The molecule has 1 heterocycles. The summed E-state index contributed by atoms with van der Waals surface area (Å²) >= 11 is 0. The maximum Gasteiger partial charge on any atom is 0.0483 e. The van der Waals surface area contributed by atoms with Crippen molar-refractivity contribution in [3.63, 3.8) is 0 Å².